The second-order valence-electron chi connectivity index (χ2n) is 15.4. The molecule has 0 aliphatic rings. The highest BCUT2D eigenvalue weighted by atomic mass is 16.3. The van der Waals surface area contributed by atoms with E-state index in [4.69, 9.17) is 4.42 Å². The first-order chi connectivity index (χ1) is 29.7. The van der Waals surface area contributed by atoms with Crippen LogP contribution in [0.5, 0.6) is 0 Å². The average molecular weight is 766 g/mol. The van der Waals surface area contributed by atoms with Crippen molar-refractivity contribution >= 4 is 49.6 Å². The van der Waals surface area contributed by atoms with Gasteiger partial charge in [0, 0.05) is 28.0 Å². The van der Waals surface area contributed by atoms with E-state index in [-0.39, 0.29) is 0 Å². The van der Waals surface area contributed by atoms with Crippen molar-refractivity contribution in [1.82, 2.24) is 0 Å². The number of rotatable bonds is 8. The molecule has 0 bridgehead atoms. The van der Waals surface area contributed by atoms with Crippen LogP contribution in [-0.2, 0) is 0 Å². The Morgan fingerprint density at radius 3 is 1.12 bits per heavy atom. The first kappa shape index (κ1) is 35.2. The lowest BCUT2D eigenvalue weighted by atomic mass is 9.95. The predicted molar refractivity (Wildman–Crippen MR) is 253 cm³/mol. The number of anilines is 3. The number of para-hydroxylation sites is 1. The Labute approximate surface area is 349 Å². The number of fused-ring (bicyclic) bond motifs is 3. The summed E-state index contributed by atoms with van der Waals surface area (Å²) >= 11 is 0. The van der Waals surface area contributed by atoms with Crippen molar-refractivity contribution in [3.05, 3.63) is 237 Å². The van der Waals surface area contributed by atoms with Crippen LogP contribution in [0.2, 0.25) is 0 Å². The quantitative estimate of drug-likeness (QED) is 0.153. The lowest BCUT2D eigenvalue weighted by Gasteiger charge is -2.26. The molecular formula is C58H39NO. The molecule has 2 nitrogen and oxygen atoms in total. The molecule has 0 aliphatic carbocycles. The van der Waals surface area contributed by atoms with E-state index in [1.165, 1.54) is 43.8 Å². The third kappa shape index (κ3) is 6.70. The highest BCUT2D eigenvalue weighted by Crippen LogP contribution is 2.40. The Morgan fingerprint density at radius 1 is 0.250 bits per heavy atom. The molecule has 0 N–H and O–H groups in total. The molecule has 0 aliphatic heterocycles. The highest BCUT2D eigenvalue weighted by molar-refractivity contribution is 5.91. The summed E-state index contributed by atoms with van der Waals surface area (Å²) < 4.78 is 6.28. The molecule has 282 valence electrons. The van der Waals surface area contributed by atoms with Crippen molar-refractivity contribution in [3.63, 3.8) is 0 Å². The summed E-state index contributed by atoms with van der Waals surface area (Å²) in [4.78, 5) is 2.34. The van der Waals surface area contributed by atoms with Gasteiger partial charge in [-0.15, -0.1) is 0 Å². The third-order valence-electron chi connectivity index (χ3n) is 11.7. The molecule has 0 saturated heterocycles. The zero-order chi connectivity index (χ0) is 39.8. The monoisotopic (exact) mass is 765 g/mol. The van der Waals surface area contributed by atoms with E-state index in [1.54, 1.807) is 0 Å². The molecule has 0 fully saturated rings. The zero-order valence-electron chi connectivity index (χ0n) is 32.9. The maximum Gasteiger partial charge on any atom is 0.136 e. The first-order valence-corrected chi connectivity index (χ1v) is 20.5. The minimum atomic E-state index is 0.877. The van der Waals surface area contributed by atoms with E-state index in [0.717, 1.165) is 61.6 Å². The van der Waals surface area contributed by atoms with Crippen LogP contribution < -0.4 is 4.90 Å². The first-order valence-electron chi connectivity index (χ1n) is 20.5. The van der Waals surface area contributed by atoms with Crippen LogP contribution >= 0.6 is 0 Å². The van der Waals surface area contributed by atoms with Crippen molar-refractivity contribution in [3.8, 4) is 55.8 Å². The molecule has 0 atom stereocenters. The molecule has 11 aromatic rings. The maximum absolute atomic E-state index is 6.28. The highest BCUT2D eigenvalue weighted by Gasteiger charge is 2.16. The van der Waals surface area contributed by atoms with Gasteiger partial charge in [0.15, 0.2) is 0 Å². The van der Waals surface area contributed by atoms with Gasteiger partial charge in [-0.3, -0.25) is 0 Å². The van der Waals surface area contributed by atoms with Gasteiger partial charge >= 0.3 is 0 Å². The van der Waals surface area contributed by atoms with Gasteiger partial charge in [-0.2, -0.15) is 0 Å². The van der Waals surface area contributed by atoms with Crippen LogP contribution in [0.25, 0.3) is 88.3 Å². The Bertz CT molecular complexity index is 3130. The van der Waals surface area contributed by atoms with Crippen molar-refractivity contribution < 1.29 is 4.42 Å². The minimum absolute atomic E-state index is 0.877. The molecule has 2 heteroatoms. The lowest BCUT2D eigenvalue weighted by molar-refractivity contribution is 0.632. The summed E-state index contributed by atoms with van der Waals surface area (Å²) in [5, 5.41) is 6.10. The second kappa shape index (κ2) is 15.1. The van der Waals surface area contributed by atoms with Crippen molar-refractivity contribution in [2.24, 2.45) is 0 Å². The molecule has 0 spiro atoms. The Morgan fingerprint density at radius 2 is 0.617 bits per heavy atom. The number of furan rings is 1. The van der Waals surface area contributed by atoms with Gasteiger partial charge in [0.1, 0.15) is 11.3 Å². The molecule has 0 amide bonds. The van der Waals surface area contributed by atoms with E-state index in [2.05, 4.69) is 223 Å². The fraction of sp³-hybridized carbons (Fsp3) is 0. The molecule has 0 unspecified atom stereocenters. The maximum atomic E-state index is 6.28. The van der Waals surface area contributed by atoms with Crippen LogP contribution in [0, 0.1) is 0 Å². The van der Waals surface area contributed by atoms with Crippen molar-refractivity contribution in [2.45, 2.75) is 0 Å². The molecule has 0 saturated carbocycles. The minimum Gasteiger partial charge on any atom is -0.456 e. The number of nitrogens with zero attached hydrogens (tertiary/aromatic N) is 1. The van der Waals surface area contributed by atoms with Gasteiger partial charge in [0.25, 0.3) is 0 Å². The summed E-state index contributed by atoms with van der Waals surface area (Å²) in [5.74, 6) is 0.877. The number of hydrogen-bond acceptors (Lipinski definition) is 2. The van der Waals surface area contributed by atoms with Crippen LogP contribution in [0.4, 0.5) is 17.1 Å². The largest absolute Gasteiger partial charge is 0.456 e. The van der Waals surface area contributed by atoms with E-state index in [9.17, 15) is 0 Å². The second-order valence-corrected chi connectivity index (χ2v) is 15.4. The van der Waals surface area contributed by atoms with Crippen LogP contribution in [0.1, 0.15) is 0 Å². The zero-order valence-corrected chi connectivity index (χ0v) is 32.9. The van der Waals surface area contributed by atoms with Gasteiger partial charge in [-0.1, -0.05) is 176 Å². The summed E-state index contributed by atoms with van der Waals surface area (Å²) in [6.45, 7) is 0. The lowest BCUT2D eigenvalue weighted by Crippen LogP contribution is -2.09. The van der Waals surface area contributed by atoms with Gasteiger partial charge in [0.05, 0.1) is 0 Å². The summed E-state index contributed by atoms with van der Waals surface area (Å²) in [5.41, 5.74) is 14.7. The van der Waals surface area contributed by atoms with Crippen molar-refractivity contribution in [2.75, 3.05) is 4.90 Å². The molecule has 10 aromatic carbocycles. The van der Waals surface area contributed by atoms with Gasteiger partial charge in [0.2, 0.25) is 0 Å². The fourth-order valence-electron chi connectivity index (χ4n) is 8.50. The van der Waals surface area contributed by atoms with Crippen molar-refractivity contribution in [1.29, 1.82) is 0 Å². The number of benzene rings is 10. The van der Waals surface area contributed by atoms with Gasteiger partial charge in [-0.25, -0.2) is 0 Å². The van der Waals surface area contributed by atoms with Gasteiger partial charge in [-0.05, 0) is 127 Å². The Balaban J connectivity index is 0.913. The SMILES string of the molecule is c1ccc(-c2cc3ccccc3o2)c(-c2ccc(-c3ccc(N(c4ccc(-c5ccc6ccccc6c5)cc4)c4ccc(-c5ccc6ccccc6c5)cc4)cc3)cc2)c1. The molecule has 11 rings (SSSR count). The molecule has 0 radical (unpaired) electrons. The summed E-state index contributed by atoms with van der Waals surface area (Å²) in [6, 6.07) is 84.9. The van der Waals surface area contributed by atoms with Gasteiger partial charge < -0.3 is 9.32 Å². The molecule has 1 heterocycles. The summed E-state index contributed by atoms with van der Waals surface area (Å²) in [7, 11) is 0. The number of hydrogen-bond donors (Lipinski definition) is 0. The van der Waals surface area contributed by atoms with E-state index >= 15 is 0 Å². The predicted octanol–water partition coefficient (Wildman–Crippen LogP) is 16.5. The normalized spacial score (nSPS) is 11.3. The van der Waals surface area contributed by atoms with E-state index in [0.29, 0.717) is 0 Å². The van der Waals surface area contributed by atoms with Crippen LogP contribution in [0.3, 0.4) is 0 Å². The van der Waals surface area contributed by atoms with E-state index in [1.807, 2.05) is 18.2 Å². The van der Waals surface area contributed by atoms with Crippen LogP contribution in [-0.4, -0.2) is 0 Å². The average Bonchev–Trinajstić information content (AvgIpc) is 3.77. The Hall–Kier alpha value is -7.94. The smallest absolute Gasteiger partial charge is 0.136 e. The summed E-state index contributed by atoms with van der Waals surface area (Å²) in [6.07, 6.45) is 0. The standard InChI is InChI=1S/C58H39NO/c1-3-11-47-37-49(23-19-40(47)9-1)44-27-33-53(34-28-44)59(54-35-29-45(30-36-54)50-24-20-41-10-2-4-12-48(41)38-50)52-31-25-43(26-32-52)42-17-21-46(22-18-42)55-14-6-7-15-56(55)58-39-51-13-5-8-16-57(51)60-58/h1-39H. The topological polar surface area (TPSA) is 16.4 Å². The molecule has 1 aromatic heterocycles. The fourth-order valence-corrected chi connectivity index (χ4v) is 8.50. The third-order valence-corrected chi connectivity index (χ3v) is 11.7. The van der Waals surface area contributed by atoms with E-state index < -0.39 is 0 Å². The molecule has 60 heavy (non-hydrogen) atoms. The molecular weight excluding hydrogens is 727 g/mol. The van der Waals surface area contributed by atoms with Crippen LogP contribution in [0.15, 0.2) is 241 Å². The Kier molecular flexibility index (Phi) is 8.87.